The number of rotatable bonds is 4. The van der Waals surface area contributed by atoms with Gasteiger partial charge < -0.3 is 0 Å². The number of likely N-dealkylation sites (tertiary alicyclic amines) is 1. The van der Waals surface area contributed by atoms with Gasteiger partial charge in [0.05, 0.1) is 11.9 Å². The van der Waals surface area contributed by atoms with Gasteiger partial charge in [-0.05, 0) is 61.3 Å². The third-order valence-electron chi connectivity index (χ3n) is 4.82. The van der Waals surface area contributed by atoms with Crippen molar-refractivity contribution in [2.75, 3.05) is 6.54 Å². The van der Waals surface area contributed by atoms with Crippen molar-refractivity contribution in [3.8, 4) is 11.3 Å². The van der Waals surface area contributed by atoms with Gasteiger partial charge in [-0.3, -0.25) is 10.00 Å². The van der Waals surface area contributed by atoms with E-state index in [4.69, 9.17) is 0 Å². The molecule has 4 rings (SSSR count). The van der Waals surface area contributed by atoms with Gasteiger partial charge in [0, 0.05) is 23.7 Å². The second-order valence-corrected chi connectivity index (χ2v) is 6.46. The van der Waals surface area contributed by atoms with Gasteiger partial charge in [-0.15, -0.1) is 0 Å². The van der Waals surface area contributed by atoms with E-state index < -0.39 is 0 Å². The van der Waals surface area contributed by atoms with Crippen LogP contribution in [0.25, 0.3) is 11.3 Å². The van der Waals surface area contributed by atoms with Crippen molar-refractivity contribution in [3.63, 3.8) is 0 Å². The lowest BCUT2D eigenvalue weighted by molar-refractivity contribution is 0.248. The molecule has 0 aliphatic carbocycles. The second-order valence-electron chi connectivity index (χ2n) is 6.46. The molecule has 25 heavy (non-hydrogen) atoms. The number of nitrogens with zero attached hydrogens (tertiary/aromatic N) is 2. The molecule has 1 aliphatic rings. The summed E-state index contributed by atoms with van der Waals surface area (Å²) < 4.78 is 26.7. The van der Waals surface area contributed by atoms with Crippen molar-refractivity contribution in [1.29, 1.82) is 0 Å². The van der Waals surface area contributed by atoms with Crippen LogP contribution in [-0.4, -0.2) is 21.6 Å². The summed E-state index contributed by atoms with van der Waals surface area (Å²) in [4.78, 5) is 2.35. The number of H-pyrrole nitrogens is 1. The Kier molecular flexibility index (Phi) is 4.32. The van der Waals surface area contributed by atoms with Crippen LogP contribution in [0.5, 0.6) is 0 Å². The molecule has 0 amide bonds. The van der Waals surface area contributed by atoms with Crippen molar-refractivity contribution in [2.45, 2.75) is 25.4 Å². The largest absolute Gasteiger partial charge is 0.292 e. The Bertz CT molecular complexity index is 857. The zero-order chi connectivity index (χ0) is 17.2. The Balaban J connectivity index is 1.58. The highest BCUT2D eigenvalue weighted by Crippen LogP contribution is 2.34. The van der Waals surface area contributed by atoms with E-state index in [1.165, 1.54) is 18.2 Å². The van der Waals surface area contributed by atoms with Crippen molar-refractivity contribution >= 4 is 0 Å². The van der Waals surface area contributed by atoms with Gasteiger partial charge >= 0.3 is 0 Å². The van der Waals surface area contributed by atoms with Gasteiger partial charge in [0.15, 0.2) is 0 Å². The Hall–Kier alpha value is -2.53. The highest BCUT2D eigenvalue weighted by atomic mass is 19.1. The fourth-order valence-electron chi connectivity index (χ4n) is 3.62. The topological polar surface area (TPSA) is 31.9 Å². The van der Waals surface area contributed by atoms with E-state index >= 15 is 0 Å². The van der Waals surface area contributed by atoms with Crippen LogP contribution in [0, 0.1) is 11.6 Å². The molecule has 5 heteroatoms. The Morgan fingerprint density at radius 1 is 1.08 bits per heavy atom. The van der Waals surface area contributed by atoms with Crippen LogP contribution >= 0.6 is 0 Å². The fourth-order valence-corrected chi connectivity index (χ4v) is 3.62. The van der Waals surface area contributed by atoms with Crippen LogP contribution in [0.2, 0.25) is 0 Å². The minimum Gasteiger partial charge on any atom is -0.292 e. The van der Waals surface area contributed by atoms with E-state index in [1.54, 1.807) is 24.3 Å². The number of benzene rings is 2. The van der Waals surface area contributed by atoms with Crippen molar-refractivity contribution in [1.82, 2.24) is 15.1 Å². The summed E-state index contributed by atoms with van der Waals surface area (Å²) in [6.07, 6.45) is 3.93. The molecule has 2 aromatic carbocycles. The Morgan fingerprint density at radius 3 is 2.72 bits per heavy atom. The van der Waals surface area contributed by atoms with E-state index in [-0.39, 0.29) is 17.7 Å². The van der Waals surface area contributed by atoms with E-state index in [0.717, 1.165) is 48.3 Å². The number of halogens is 2. The lowest BCUT2D eigenvalue weighted by Gasteiger charge is -2.25. The smallest absolute Gasteiger partial charge is 0.123 e. The molecular formula is C20H19F2N3. The molecule has 2 heterocycles. The van der Waals surface area contributed by atoms with E-state index in [2.05, 4.69) is 15.1 Å². The third kappa shape index (κ3) is 3.33. The van der Waals surface area contributed by atoms with Gasteiger partial charge in [0.25, 0.3) is 0 Å². The van der Waals surface area contributed by atoms with Crippen molar-refractivity contribution in [3.05, 3.63) is 77.5 Å². The van der Waals surface area contributed by atoms with Gasteiger partial charge in [0.2, 0.25) is 0 Å². The Labute approximate surface area is 145 Å². The number of nitrogens with one attached hydrogen (secondary N) is 1. The molecule has 128 valence electrons. The summed E-state index contributed by atoms with van der Waals surface area (Å²) in [7, 11) is 0. The highest BCUT2D eigenvalue weighted by molar-refractivity contribution is 5.62. The predicted molar refractivity (Wildman–Crippen MR) is 92.8 cm³/mol. The van der Waals surface area contributed by atoms with E-state index in [9.17, 15) is 8.78 Å². The van der Waals surface area contributed by atoms with Crippen LogP contribution in [0.15, 0.2) is 54.7 Å². The fraction of sp³-hybridized carbons (Fsp3) is 0.250. The summed E-state index contributed by atoms with van der Waals surface area (Å²) >= 11 is 0. The molecule has 0 saturated carbocycles. The zero-order valence-electron chi connectivity index (χ0n) is 13.8. The lowest BCUT2D eigenvalue weighted by Crippen LogP contribution is -2.23. The molecule has 1 fully saturated rings. The molecule has 1 N–H and O–H groups in total. The number of aromatic amines is 1. The van der Waals surface area contributed by atoms with Crippen LogP contribution in [0.3, 0.4) is 0 Å². The van der Waals surface area contributed by atoms with Crippen LogP contribution in [0.4, 0.5) is 8.78 Å². The summed E-state index contributed by atoms with van der Waals surface area (Å²) in [5, 5.41) is 7.19. The number of hydrogen-bond acceptors (Lipinski definition) is 2. The first kappa shape index (κ1) is 16.0. The van der Waals surface area contributed by atoms with Crippen LogP contribution < -0.4 is 0 Å². The summed E-state index contributed by atoms with van der Waals surface area (Å²) in [5.41, 5.74) is 3.90. The maximum absolute atomic E-state index is 13.6. The molecular weight excluding hydrogens is 320 g/mol. The molecule has 1 aliphatic heterocycles. The van der Waals surface area contributed by atoms with Crippen LogP contribution in [-0.2, 0) is 6.54 Å². The lowest BCUT2D eigenvalue weighted by atomic mass is 10.0. The van der Waals surface area contributed by atoms with Gasteiger partial charge in [-0.1, -0.05) is 12.1 Å². The first-order valence-electron chi connectivity index (χ1n) is 8.48. The quantitative estimate of drug-likeness (QED) is 0.748. The normalized spacial score (nSPS) is 17.9. The molecule has 0 bridgehead atoms. The second kappa shape index (κ2) is 6.76. The summed E-state index contributed by atoms with van der Waals surface area (Å²) in [6, 6.07) is 13.5. The summed E-state index contributed by atoms with van der Waals surface area (Å²) in [6.45, 7) is 1.69. The zero-order valence-corrected chi connectivity index (χ0v) is 13.8. The molecule has 1 aromatic heterocycles. The molecule has 1 saturated heterocycles. The maximum atomic E-state index is 13.6. The Morgan fingerprint density at radius 2 is 1.92 bits per heavy atom. The molecule has 0 radical (unpaired) electrons. The van der Waals surface area contributed by atoms with Crippen molar-refractivity contribution < 1.29 is 8.78 Å². The van der Waals surface area contributed by atoms with E-state index in [0.29, 0.717) is 0 Å². The monoisotopic (exact) mass is 339 g/mol. The number of hydrogen-bond donors (Lipinski definition) is 1. The SMILES string of the molecule is Fc1ccc(-c2[nH]ncc2CN2CCC[C@H]2c2cccc(F)c2)cc1. The predicted octanol–water partition coefficient (Wildman–Crippen LogP) is 4.69. The first-order valence-corrected chi connectivity index (χ1v) is 8.48. The third-order valence-corrected chi connectivity index (χ3v) is 4.82. The standard InChI is InChI=1S/C20H19F2N3/c21-17-8-6-14(7-9-17)20-16(12-23-24-20)13-25-10-2-5-19(25)15-3-1-4-18(22)11-15/h1,3-4,6-9,11-12,19H,2,5,10,13H2,(H,23,24)/t19-/m0/s1. The summed E-state index contributed by atoms with van der Waals surface area (Å²) in [5.74, 6) is -0.449. The molecule has 1 atom stereocenters. The maximum Gasteiger partial charge on any atom is 0.123 e. The minimum atomic E-state index is -0.254. The minimum absolute atomic E-state index is 0.195. The molecule has 3 aromatic rings. The molecule has 3 nitrogen and oxygen atoms in total. The highest BCUT2D eigenvalue weighted by Gasteiger charge is 2.27. The molecule has 0 unspecified atom stereocenters. The van der Waals surface area contributed by atoms with E-state index in [1.807, 2.05) is 12.3 Å². The van der Waals surface area contributed by atoms with Crippen molar-refractivity contribution in [2.24, 2.45) is 0 Å². The average molecular weight is 339 g/mol. The van der Waals surface area contributed by atoms with Gasteiger partial charge in [0.1, 0.15) is 11.6 Å². The average Bonchev–Trinajstić information content (AvgIpc) is 3.26. The van der Waals surface area contributed by atoms with Gasteiger partial charge in [-0.25, -0.2) is 8.78 Å². The van der Waals surface area contributed by atoms with Crippen LogP contribution in [0.1, 0.15) is 30.0 Å². The van der Waals surface area contributed by atoms with Gasteiger partial charge in [-0.2, -0.15) is 5.10 Å². The number of aromatic nitrogens is 2. The first-order chi connectivity index (χ1) is 12.2. The molecule has 0 spiro atoms.